The van der Waals surface area contributed by atoms with Gasteiger partial charge in [0.1, 0.15) is 18.0 Å². The molecule has 1 aromatic rings. The molecule has 2 rings (SSSR count). The molecule has 0 aromatic carbocycles. The fourth-order valence-electron chi connectivity index (χ4n) is 3.51. The number of hydrogen-bond acceptors (Lipinski definition) is 4. The first kappa shape index (κ1) is 16.1. The minimum Gasteiger partial charge on any atom is -0.373 e. The molecule has 0 atom stereocenters. The van der Waals surface area contributed by atoms with Crippen LogP contribution in [-0.4, -0.2) is 30.1 Å². The summed E-state index contributed by atoms with van der Waals surface area (Å²) >= 11 is 0. The van der Waals surface area contributed by atoms with E-state index in [1.807, 2.05) is 7.05 Å². The van der Waals surface area contributed by atoms with Crippen LogP contribution in [0.15, 0.2) is 6.33 Å². The minimum absolute atomic E-state index is 0.415. The quantitative estimate of drug-likeness (QED) is 0.888. The Morgan fingerprint density at radius 1 is 1.24 bits per heavy atom. The van der Waals surface area contributed by atoms with Crippen molar-refractivity contribution < 1.29 is 0 Å². The molecule has 1 heterocycles. The molecule has 0 saturated heterocycles. The van der Waals surface area contributed by atoms with E-state index in [1.165, 1.54) is 37.7 Å². The largest absolute Gasteiger partial charge is 0.373 e. The van der Waals surface area contributed by atoms with E-state index in [-0.39, 0.29) is 0 Å². The summed E-state index contributed by atoms with van der Waals surface area (Å²) in [6, 6.07) is 0.616. The SMILES string of the molecule is CCC1CCC(N(C)c2ncnc(NC)c2C(C)C)CC1. The van der Waals surface area contributed by atoms with Crippen molar-refractivity contribution in [2.75, 3.05) is 24.3 Å². The Kier molecular flexibility index (Phi) is 5.43. The van der Waals surface area contributed by atoms with Gasteiger partial charge in [0.2, 0.25) is 0 Å². The number of anilines is 2. The molecule has 0 aliphatic heterocycles. The van der Waals surface area contributed by atoms with Crippen LogP contribution in [-0.2, 0) is 0 Å². The standard InChI is InChI=1S/C17H30N4/c1-6-13-7-9-14(10-8-13)21(5)17-15(12(2)3)16(18-4)19-11-20-17/h11-14H,6-10H2,1-5H3,(H,18,19,20). The lowest BCUT2D eigenvalue weighted by molar-refractivity contribution is 0.312. The van der Waals surface area contributed by atoms with E-state index in [4.69, 9.17) is 0 Å². The summed E-state index contributed by atoms with van der Waals surface area (Å²) in [6.45, 7) is 6.74. The van der Waals surface area contributed by atoms with Crippen molar-refractivity contribution in [1.82, 2.24) is 9.97 Å². The van der Waals surface area contributed by atoms with Crippen molar-refractivity contribution >= 4 is 11.6 Å². The lowest BCUT2D eigenvalue weighted by Crippen LogP contribution is -2.36. The predicted molar refractivity (Wildman–Crippen MR) is 90.1 cm³/mol. The van der Waals surface area contributed by atoms with Crippen LogP contribution in [0.4, 0.5) is 11.6 Å². The van der Waals surface area contributed by atoms with Crippen LogP contribution in [0.2, 0.25) is 0 Å². The summed E-state index contributed by atoms with van der Waals surface area (Å²) in [5.41, 5.74) is 1.24. The van der Waals surface area contributed by atoms with Crippen LogP contribution >= 0.6 is 0 Å². The highest BCUT2D eigenvalue weighted by Crippen LogP contribution is 2.35. The second-order valence-corrected chi connectivity index (χ2v) is 6.56. The second-order valence-electron chi connectivity index (χ2n) is 6.56. The first-order valence-corrected chi connectivity index (χ1v) is 8.33. The first-order chi connectivity index (χ1) is 10.1. The van der Waals surface area contributed by atoms with E-state index in [0.717, 1.165) is 17.6 Å². The molecule has 1 saturated carbocycles. The minimum atomic E-state index is 0.415. The Hall–Kier alpha value is -1.32. The fraction of sp³-hybridized carbons (Fsp3) is 0.765. The third-order valence-corrected chi connectivity index (χ3v) is 4.95. The third kappa shape index (κ3) is 3.47. The molecule has 1 N–H and O–H groups in total. The Balaban J connectivity index is 2.21. The van der Waals surface area contributed by atoms with Gasteiger partial charge in [-0.15, -0.1) is 0 Å². The number of aromatic nitrogens is 2. The molecule has 0 spiro atoms. The fourth-order valence-corrected chi connectivity index (χ4v) is 3.51. The molecular formula is C17H30N4. The van der Waals surface area contributed by atoms with Crippen molar-refractivity contribution in [3.63, 3.8) is 0 Å². The molecule has 4 nitrogen and oxygen atoms in total. The number of rotatable bonds is 5. The van der Waals surface area contributed by atoms with Crippen LogP contribution in [0.5, 0.6) is 0 Å². The van der Waals surface area contributed by atoms with Gasteiger partial charge in [-0.2, -0.15) is 0 Å². The molecule has 118 valence electrons. The molecule has 4 heteroatoms. The van der Waals surface area contributed by atoms with Gasteiger partial charge in [0.05, 0.1) is 0 Å². The average Bonchev–Trinajstić information content (AvgIpc) is 2.53. The maximum absolute atomic E-state index is 4.60. The van der Waals surface area contributed by atoms with E-state index in [9.17, 15) is 0 Å². The van der Waals surface area contributed by atoms with Crippen molar-refractivity contribution in [2.24, 2.45) is 5.92 Å². The molecule has 1 aliphatic rings. The van der Waals surface area contributed by atoms with Crippen LogP contribution in [0.25, 0.3) is 0 Å². The maximum atomic E-state index is 4.60. The molecule has 0 unspecified atom stereocenters. The monoisotopic (exact) mass is 290 g/mol. The van der Waals surface area contributed by atoms with E-state index < -0.39 is 0 Å². The lowest BCUT2D eigenvalue weighted by Gasteiger charge is -2.36. The summed E-state index contributed by atoms with van der Waals surface area (Å²) in [5, 5.41) is 3.21. The number of nitrogens with one attached hydrogen (secondary N) is 1. The highest BCUT2D eigenvalue weighted by Gasteiger charge is 2.26. The van der Waals surface area contributed by atoms with Gasteiger partial charge in [-0.05, 0) is 37.5 Å². The molecule has 1 aliphatic carbocycles. The van der Waals surface area contributed by atoms with Gasteiger partial charge in [-0.3, -0.25) is 0 Å². The van der Waals surface area contributed by atoms with Crippen molar-refractivity contribution in [2.45, 2.75) is 64.8 Å². The van der Waals surface area contributed by atoms with Gasteiger partial charge in [-0.25, -0.2) is 9.97 Å². The van der Waals surface area contributed by atoms with Gasteiger partial charge in [0.15, 0.2) is 0 Å². The Labute approximate surface area is 129 Å². The van der Waals surface area contributed by atoms with Gasteiger partial charge >= 0.3 is 0 Å². The van der Waals surface area contributed by atoms with Crippen LogP contribution < -0.4 is 10.2 Å². The molecule has 1 aromatic heterocycles. The summed E-state index contributed by atoms with van der Waals surface area (Å²) in [7, 11) is 4.13. The summed E-state index contributed by atoms with van der Waals surface area (Å²) < 4.78 is 0. The molecule has 0 amide bonds. The summed E-state index contributed by atoms with van der Waals surface area (Å²) in [6.07, 6.45) is 8.28. The average molecular weight is 290 g/mol. The van der Waals surface area contributed by atoms with Crippen LogP contribution in [0, 0.1) is 5.92 Å². The van der Waals surface area contributed by atoms with Gasteiger partial charge < -0.3 is 10.2 Å². The van der Waals surface area contributed by atoms with Crippen LogP contribution in [0.3, 0.4) is 0 Å². The van der Waals surface area contributed by atoms with Gasteiger partial charge in [0, 0.05) is 25.7 Å². The van der Waals surface area contributed by atoms with Gasteiger partial charge in [-0.1, -0.05) is 27.2 Å². The van der Waals surface area contributed by atoms with Crippen LogP contribution in [0.1, 0.15) is 64.4 Å². The van der Waals surface area contributed by atoms with E-state index in [2.05, 4.69) is 48.0 Å². The van der Waals surface area contributed by atoms with E-state index in [0.29, 0.717) is 12.0 Å². The number of nitrogens with zero attached hydrogens (tertiary/aromatic N) is 3. The van der Waals surface area contributed by atoms with Crippen molar-refractivity contribution in [3.05, 3.63) is 11.9 Å². The highest BCUT2D eigenvalue weighted by molar-refractivity contribution is 5.60. The Morgan fingerprint density at radius 3 is 2.43 bits per heavy atom. The zero-order valence-electron chi connectivity index (χ0n) is 14.2. The topological polar surface area (TPSA) is 41.1 Å². The van der Waals surface area contributed by atoms with E-state index in [1.54, 1.807) is 6.33 Å². The normalized spacial score (nSPS) is 22.4. The Bertz CT molecular complexity index is 450. The lowest BCUT2D eigenvalue weighted by atomic mass is 9.84. The van der Waals surface area contributed by atoms with Crippen molar-refractivity contribution in [1.29, 1.82) is 0 Å². The summed E-state index contributed by atoms with van der Waals surface area (Å²) in [4.78, 5) is 11.4. The zero-order chi connectivity index (χ0) is 15.4. The molecule has 1 fully saturated rings. The highest BCUT2D eigenvalue weighted by atomic mass is 15.2. The third-order valence-electron chi connectivity index (χ3n) is 4.95. The molecule has 0 bridgehead atoms. The Morgan fingerprint density at radius 2 is 1.90 bits per heavy atom. The van der Waals surface area contributed by atoms with E-state index >= 15 is 0 Å². The maximum Gasteiger partial charge on any atom is 0.137 e. The van der Waals surface area contributed by atoms with Gasteiger partial charge in [0.25, 0.3) is 0 Å². The number of hydrogen-bond donors (Lipinski definition) is 1. The second kappa shape index (κ2) is 7.10. The predicted octanol–water partition coefficient (Wildman–Crippen LogP) is 4.05. The molecule has 21 heavy (non-hydrogen) atoms. The first-order valence-electron chi connectivity index (χ1n) is 8.33. The molecular weight excluding hydrogens is 260 g/mol. The smallest absolute Gasteiger partial charge is 0.137 e. The molecule has 0 radical (unpaired) electrons. The zero-order valence-corrected chi connectivity index (χ0v) is 14.2. The van der Waals surface area contributed by atoms with Crippen molar-refractivity contribution in [3.8, 4) is 0 Å². The summed E-state index contributed by atoms with van der Waals surface area (Å²) in [5.74, 6) is 3.41.